The summed E-state index contributed by atoms with van der Waals surface area (Å²) < 4.78 is 6.24. The number of hydrogen-bond donors (Lipinski definition) is 1. The molecule has 8 heteroatoms. The van der Waals surface area contributed by atoms with E-state index in [0.717, 1.165) is 26.6 Å². The van der Waals surface area contributed by atoms with Crippen LogP contribution in [0.1, 0.15) is 24.8 Å². The highest BCUT2D eigenvalue weighted by atomic mass is 32.1. The lowest BCUT2D eigenvalue weighted by molar-refractivity contribution is -0.151. The van der Waals surface area contributed by atoms with Crippen molar-refractivity contribution < 1.29 is 14.3 Å². The molecule has 0 aliphatic carbocycles. The molecule has 3 aromatic rings. The first-order chi connectivity index (χ1) is 14.7. The predicted molar refractivity (Wildman–Crippen MR) is 118 cm³/mol. The number of rotatable bonds is 8. The van der Waals surface area contributed by atoms with Gasteiger partial charge in [-0.25, -0.2) is 9.99 Å². The Morgan fingerprint density at radius 3 is 2.73 bits per heavy atom. The molecule has 2 aromatic carbocycles. The summed E-state index contributed by atoms with van der Waals surface area (Å²) in [6.07, 6.45) is 1.54. The molecule has 1 aliphatic heterocycles. The van der Waals surface area contributed by atoms with Gasteiger partial charge in [0.15, 0.2) is 11.7 Å². The van der Waals surface area contributed by atoms with E-state index in [1.54, 1.807) is 11.3 Å². The number of fused-ring (bicyclic) bond motifs is 1. The van der Waals surface area contributed by atoms with E-state index in [-0.39, 0.29) is 24.9 Å². The molecule has 0 atom stereocenters. The van der Waals surface area contributed by atoms with Crippen LogP contribution in [0, 0.1) is 0 Å². The molecule has 30 heavy (non-hydrogen) atoms. The molecular weight excluding hydrogens is 400 g/mol. The number of carbonyl (C=O) groups excluding carboxylic acids is 2. The minimum atomic E-state index is -0.388. The number of anilines is 1. The van der Waals surface area contributed by atoms with E-state index < -0.39 is 0 Å². The Balaban J connectivity index is 1.16. The minimum Gasteiger partial charge on any atom is -0.455 e. The van der Waals surface area contributed by atoms with Crippen LogP contribution in [0.25, 0.3) is 10.2 Å². The summed E-state index contributed by atoms with van der Waals surface area (Å²) in [5.74, 6) is -0.692. The number of ether oxygens (including phenoxy) is 1. The molecule has 0 bridgehead atoms. The van der Waals surface area contributed by atoms with Gasteiger partial charge in [0.2, 0.25) is 0 Å². The van der Waals surface area contributed by atoms with Crippen molar-refractivity contribution in [1.29, 1.82) is 0 Å². The average Bonchev–Trinajstić information content (AvgIpc) is 3.43. The Labute approximate surface area is 178 Å². The van der Waals surface area contributed by atoms with Gasteiger partial charge in [-0.3, -0.25) is 9.59 Å². The van der Waals surface area contributed by atoms with Crippen molar-refractivity contribution in [2.75, 3.05) is 25.0 Å². The van der Waals surface area contributed by atoms with Gasteiger partial charge in [-0.15, -0.1) is 0 Å². The first kappa shape index (κ1) is 20.0. The summed E-state index contributed by atoms with van der Waals surface area (Å²) in [5.41, 5.74) is 2.84. The van der Waals surface area contributed by atoms with E-state index in [1.165, 1.54) is 5.01 Å². The largest absolute Gasteiger partial charge is 0.455 e. The van der Waals surface area contributed by atoms with Crippen molar-refractivity contribution >= 4 is 44.3 Å². The Bertz CT molecular complexity index is 1030. The molecule has 1 aromatic heterocycles. The van der Waals surface area contributed by atoms with E-state index in [2.05, 4.69) is 15.4 Å². The highest BCUT2D eigenvalue weighted by molar-refractivity contribution is 7.22. The third-order valence-electron chi connectivity index (χ3n) is 4.68. The van der Waals surface area contributed by atoms with Gasteiger partial charge < -0.3 is 10.1 Å². The molecule has 0 unspecified atom stereocenters. The Hall–Kier alpha value is -3.26. The highest BCUT2D eigenvalue weighted by Crippen LogP contribution is 2.25. The molecule has 0 saturated carbocycles. The number of benzene rings is 2. The molecule has 0 spiro atoms. The van der Waals surface area contributed by atoms with E-state index in [1.807, 2.05) is 54.6 Å². The van der Waals surface area contributed by atoms with Crippen molar-refractivity contribution in [3.63, 3.8) is 0 Å². The van der Waals surface area contributed by atoms with Crippen LogP contribution in [0.4, 0.5) is 5.13 Å². The number of nitrogens with one attached hydrogen (secondary N) is 1. The maximum atomic E-state index is 12.2. The molecule has 0 saturated heterocycles. The van der Waals surface area contributed by atoms with Crippen LogP contribution >= 0.6 is 11.3 Å². The summed E-state index contributed by atoms with van der Waals surface area (Å²) in [5, 5.41) is 9.80. The summed E-state index contributed by atoms with van der Waals surface area (Å²) >= 11 is 1.58. The number of hydrazone groups is 1. The fraction of sp³-hybridized carbons (Fsp3) is 0.273. The molecule has 7 nitrogen and oxygen atoms in total. The topological polar surface area (TPSA) is 83.9 Å². The molecule has 1 aliphatic rings. The fourth-order valence-electron chi connectivity index (χ4n) is 3.14. The van der Waals surface area contributed by atoms with Gasteiger partial charge in [-0.1, -0.05) is 53.8 Å². The van der Waals surface area contributed by atoms with Crippen LogP contribution in [0.5, 0.6) is 0 Å². The van der Waals surface area contributed by atoms with E-state index >= 15 is 0 Å². The zero-order chi connectivity index (χ0) is 20.8. The lowest BCUT2D eigenvalue weighted by Gasteiger charge is -2.11. The van der Waals surface area contributed by atoms with Crippen molar-refractivity contribution in [3.05, 3.63) is 60.2 Å². The number of esters is 1. The van der Waals surface area contributed by atoms with Crippen molar-refractivity contribution in [2.45, 2.75) is 19.3 Å². The molecule has 2 heterocycles. The first-order valence-electron chi connectivity index (χ1n) is 9.87. The molecule has 4 rings (SSSR count). The fourth-order valence-corrected chi connectivity index (χ4v) is 4.03. The Morgan fingerprint density at radius 2 is 1.90 bits per heavy atom. The number of thiazole rings is 1. The quantitative estimate of drug-likeness (QED) is 0.442. The third kappa shape index (κ3) is 5.01. The second-order valence-corrected chi connectivity index (χ2v) is 7.89. The van der Waals surface area contributed by atoms with Crippen molar-refractivity contribution in [2.24, 2.45) is 5.10 Å². The average molecular weight is 423 g/mol. The minimum absolute atomic E-state index is 0.240. The second-order valence-electron chi connectivity index (χ2n) is 6.86. The van der Waals surface area contributed by atoms with Gasteiger partial charge in [0.25, 0.3) is 5.91 Å². The summed E-state index contributed by atoms with van der Waals surface area (Å²) in [6.45, 7) is 0.835. The van der Waals surface area contributed by atoms with Gasteiger partial charge in [0.05, 0.1) is 22.5 Å². The van der Waals surface area contributed by atoms with Crippen LogP contribution in [0.3, 0.4) is 0 Å². The summed E-state index contributed by atoms with van der Waals surface area (Å²) in [4.78, 5) is 28.7. The zero-order valence-corrected chi connectivity index (χ0v) is 17.2. The van der Waals surface area contributed by atoms with E-state index in [9.17, 15) is 9.59 Å². The van der Waals surface area contributed by atoms with Crippen LogP contribution < -0.4 is 5.32 Å². The van der Waals surface area contributed by atoms with Gasteiger partial charge in [-0.2, -0.15) is 5.10 Å². The molecule has 0 fully saturated rings. The van der Waals surface area contributed by atoms with E-state index in [4.69, 9.17) is 4.74 Å². The van der Waals surface area contributed by atoms with Gasteiger partial charge in [0, 0.05) is 19.4 Å². The molecular formula is C22H22N4O3S. The number of aromatic nitrogens is 1. The number of para-hydroxylation sites is 1. The third-order valence-corrected chi connectivity index (χ3v) is 5.68. The maximum absolute atomic E-state index is 12.2. The summed E-state index contributed by atoms with van der Waals surface area (Å²) in [6, 6.07) is 17.7. The lowest BCUT2D eigenvalue weighted by Crippen LogP contribution is -2.28. The lowest BCUT2D eigenvalue weighted by atomic mass is 10.1. The molecule has 1 N–H and O–H groups in total. The van der Waals surface area contributed by atoms with E-state index in [0.29, 0.717) is 25.9 Å². The molecule has 0 radical (unpaired) electrons. The van der Waals surface area contributed by atoms with Crippen LogP contribution in [0.2, 0.25) is 0 Å². The smallest absolute Gasteiger partial charge is 0.306 e. The normalized spacial score (nSPS) is 13.3. The van der Waals surface area contributed by atoms with Gasteiger partial charge in [0.1, 0.15) is 0 Å². The molecule has 1 amide bonds. The van der Waals surface area contributed by atoms with Crippen molar-refractivity contribution in [3.8, 4) is 0 Å². The number of hydrogen-bond acceptors (Lipinski definition) is 7. The number of amides is 1. The Morgan fingerprint density at radius 1 is 1.10 bits per heavy atom. The predicted octanol–water partition coefficient (Wildman–Crippen LogP) is 3.67. The van der Waals surface area contributed by atoms with Gasteiger partial charge >= 0.3 is 5.97 Å². The zero-order valence-electron chi connectivity index (χ0n) is 16.4. The maximum Gasteiger partial charge on any atom is 0.306 e. The molecule has 154 valence electrons. The standard InChI is InChI=1S/C22H22N4O3S/c27-20(26-14-12-17(25-26)16-7-2-1-3-8-16)15-29-21(28)11-6-13-23-22-24-18-9-4-5-10-19(18)30-22/h1-5,7-10H,6,11-15H2,(H,23,24). The number of carbonyl (C=O) groups is 2. The Kier molecular flexibility index (Phi) is 6.34. The summed E-state index contributed by atoms with van der Waals surface area (Å²) in [7, 11) is 0. The number of nitrogens with zero attached hydrogens (tertiary/aromatic N) is 3. The van der Waals surface area contributed by atoms with Crippen LogP contribution in [-0.2, 0) is 14.3 Å². The van der Waals surface area contributed by atoms with Gasteiger partial charge in [-0.05, 0) is 24.1 Å². The first-order valence-corrected chi connectivity index (χ1v) is 10.7. The highest BCUT2D eigenvalue weighted by Gasteiger charge is 2.22. The second kappa shape index (κ2) is 9.49. The SMILES string of the molecule is O=C(CCCNc1nc2ccccc2s1)OCC(=O)N1CCC(c2ccccc2)=N1. The van der Waals surface area contributed by atoms with Crippen LogP contribution in [0.15, 0.2) is 59.7 Å². The monoisotopic (exact) mass is 422 g/mol. The van der Waals surface area contributed by atoms with Crippen molar-refractivity contribution in [1.82, 2.24) is 9.99 Å². The van der Waals surface area contributed by atoms with Crippen LogP contribution in [-0.4, -0.2) is 47.3 Å².